The highest BCUT2D eigenvalue weighted by atomic mass is 32.2. The third-order valence-corrected chi connectivity index (χ3v) is 6.63. The van der Waals surface area contributed by atoms with Crippen molar-refractivity contribution in [3.8, 4) is 5.82 Å². The van der Waals surface area contributed by atoms with E-state index in [0.29, 0.717) is 43.4 Å². The first kappa shape index (κ1) is 18.5. The van der Waals surface area contributed by atoms with Crippen LogP contribution in [-0.4, -0.2) is 58.7 Å². The lowest BCUT2D eigenvalue weighted by Gasteiger charge is -2.34. The van der Waals surface area contributed by atoms with Crippen molar-refractivity contribution in [2.24, 2.45) is 0 Å². The van der Waals surface area contributed by atoms with Gasteiger partial charge in [-0.3, -0.25) is 4.57 Å². The molecule has 0 spiro atoms. The second-order valence-electron chi connectivity index (χ2n) is 6.52. The second kappa shape index (κ2) is 7.28. The van der Waals surface area contributed by atoms with Crippen LogP contribution in [0.15, 0.2) is 53.9 Å². The number of hydrogen-bond donors (Lipinski definition) is 0. The molecule has 4 rings (SSSR count). The SMILES string of the molecule is Cc1cc(S(=O)(=O)N2CCN(c3ccc(-n4ccnc4)nn3)CC2)ccc1F. The van der Waals surface area contributed by atoms with Crippen molar-refractivity contribution in [1.82, 2.24) is 24.1 Å². The molecule has 0 aliphatic carbocycles. The number of rotatable bonds is 4. The fourth-order valence-electron chi connectivity index (χ4n) is 3.10. The van der Waals surface area contributed by atoms with Crippen LogP contribution in [0.3, 0.4) is 0 Å². The second-order valence-corrected chi connectivity index (χ2v) is 8.46. The van der Waals surface area contributed by atoms with E-state index in [4.69, 9.17) is 0 Å². The van der Waals surface area contributed by atoms with Gasteiger partial charge in [-0.2, -0.15) is 4.31 Å². The first-order valence-corrected chi connectivity index (χ1v) is 10.2. The fraction of sp³-hybridized carbons (Fsp3) is 0.278. The molecule has 28 heavy (non-hydrogen) atoms. The van der Waals surface area contributed by atoms with Gasteiger partial charge in [0.2, 0.25) is 10.0 Å². The molecule has 8 nitrogen and oxygen atoms in total. The zero-order valence-electron chi connectivity index (χ0n) is 15.2. The zero-order chi connectivity index (χ0) is 19.7. The molecule has 1 aliphatic heterocycles. The van der Waals surface area contributed by atoms with Crippen molar-refractivity contribution < 1.29 is 12.8 Å². The average molecular weight is 402 g/mol. The van der Waals surface area contributed by atoms with Gasteiger partial charge in [0.05, 0.1) is 4.90 Å². The summed E-state index contributed by atoms with van der Waals surface area (Å²) >= 11 is 0. The Hall–Kier alpha value is -2.85. The predicted molar refractivity (Wildman–Crippen MR) is 101 cm³/mol. The third kappa shape index (κ3) is 3.48. The highest BCUT2D eigenvalue weighted by Gasteiger charge is 2.29. The van der Waals surface area contributed by atoms with Crippen molar-refractivity contribution in [3.05, 3.63) is 60.4 Å². The number of imidazole rings is 1. The van der Waals surface area contributed by atoms with Gasteiger partial charge in [-0.15, -0.1) is 10.2 Å². The van der Waals surface area contributed by atoms with E-state index in [1.165, 1.54) is 22.5 Å². The Bertz CT molecular complexity index is 1060. The summed E-state index contributed by atoms with van der Waals surface area (Å²) in [5, 5.41) is 8.44. The molecule has 0 N–H and O–H groups in total. The summed E-state index contributed by atoms with van der Waals surface area (Å²) in [6.07, 6.45) is 5.09. The summed E-state index contributed by atoms with van der Waals surface area (Å²) in [7, 11) is -3.65. The van der Waals surface area contributed by atoms with Crippen LogP contribution in [0, 0.1) is 12.7 Å². The van der Waals surface area contributed by atoms with Gasteiger partial charge in [-0.05, 0) is 42.8 Å². The summed E-state index contributed by atoms with van der Waals surface area (Å²) in [6, 6.07) is 7.57. The number of aromatic nitrogens is 4. The van der Waals surface area contributed by atoms with E-state index in [0.717, 1.165) is 0 Å². The minimum absolute atomic E-state index is 0.115. The largest absolute Gasteiger partial charge is 0.352 e. The van der Waals surface area contributed by atoms with Gasteiger partial charge in [0.25, 0.3) is 0 Å². The Kier molecular flexibility index (Phi) is 4.82. The van der Waals surface area contributed by atoms with Crippen molar-refractivity contribution >= 4 is 15.8 Å². The highest BCUT2D eigenvalue weighted by Crippen LogP contribution is 2.22. The van der Waals surface area contributed by atoms with E-state index in [1.807, 2.05) is 17.0 Å². The van der Waals surface area contributed by atoms with Gasteiger partial charge in [0, 0.05) is 38.6 Å². The lowest BCUT2D eigenvalue weighted by atomic mass is 10.2. The van der Waals surface area contributed by atoms with E-state index in [1.54, 1.807) is 30.2 Å². The molecule has 0 bridgehead atoms. The minimum atomic E-state index is -3.65. The van der Waals surface area contributed by atoms with Crippen LogP contribution in [-0.2, 0) is 10.0 Å². The fourth-order valence-corrected chi connectivity index (χ4v) is 4.61. The van der Waals surface area contributed by atoms with Gasteiger partial charge in [-0.25, -0.2) is 17.8 Å². The van der Waals surface area contributed by atoms with Crippen molar-refractivity contribution in [2.75, 3.05) is 31.1 Å². The van der Waals surface area contributed by atoms with E-state index in [9.17, 15) is 12.8 Å². The minimum Gasteiger partial charge on any atom is -0.352 e. The molecule has 1 aromatic carbocycles. The highest BCUT2D eigenvalue weighted by molar-refractivity contribution is 7.89. The molecule has 2 aromatic heterocycles. The first-order chi connectivity index (χ1) is 13.4. The van der Waals surface area contributed by atoms with Crippen molar-refractivity contribution in [2.45, 2.75) is 11.8 Å². The number of halogens is 1. The molecule has 3 aromatic rings. The Morgan fingerprint density at radius 3 is 2.32 bits per heavy atom. The maximum absolute atomic E-state index is 13.5. The molecule has 10 heteroatoms. The number of aryl methyl sites for hydroxylation is 1. The monoisotopic (exact) mass is 402 g/mol. The number of hydrogen-bond acceptors (Lipinski definition) is 6. The van der Waals surface area contributed by atoms with E-state index in [-0.39, 0.29) is 4.90 Å². The number of benzene rings is 1. The summed E-state index contributed by atoms with van der Waals surface area (Å²) in [6.45, 7) is 3.20. The first-order valence-electron chi connectivity index (χ1n) is 8.78. The lowest BCUT2D eigenvalue weighted by molar-refractivity contribution is 0.383. The van der Waals surface area contributed by atoms with Crippen LogP contribution in [0.4, 0.5) is 10.2 Å². The number of nitrogens with zero attached hydrogens (tertiary/aromatic N) is 6. The maximum Gasteiger partial charge on any atom is 0.243 e. The van der Waals surface area contributed by atoms with E-state index >= 15 is 0 Å². The third-order valence-electron chi connectivity index (χ3n) is 4.74. The Balaban J connectivity index is 1.44. The molecule has 1 aliphatic rings. The number of sulfonamides is 1. The van der Waals surface area contributed by atoms with Gasteiger partial charge in [0.15, 0.2) is 11.6 Å². The predicted octanol–water partition coefficient (Wildman–Crippen LogP) is 1.62. The van der Waals surface area contributed by atoms with Crippen molar-refractivity contribution in [3.63, 3.8) is 0 Å². The van der Waals surface area contributed by atoms with Crippen molar-refractivity contribution in [1.29, 1.82) is 0 Å². The van der Waals surface area contributed by atoms with Crippen LogP contribution in [0.5, 0.6) is 0 Å². The normalized spacial score (nSPS) is 15.7. The van der Waals surface area contributed by atoms with Crippen LogP contribution in [0.2, 0.25) is 0 Å². The van der Waals surface area contributed by atoms with Gasteiger partial charge < -0.3 is 4.90 Å². The zero-order valence-corrected chi connectivity index (χ0v) is 16.0. The van der Waals surface area contributed by atoms with E-state index in [2.05, 4.69) is 15.2 Å². The number of piperazine rings is 1. The topological polar surface area (TPSA) is 84.2 Å². The molecule has 0 atom stereocenters. The molecular formula is C18H19FN6O2S. The summed E-state index contributed by atoms with van der Waals surface area (Å²) < 4.78 is 42.3. The van der Waals surface area contributed by atoms with Crippen LogP contribution < -0.4 is 4.90 Å². The molecule has 1 saturated heterocycles. The van der Waals surface area contributed by atoms with Crippen LogP contribution in [0.1, 0.15) is 5.56 Å². The summed E-state index contributed by atoms with van der Waals surface area (Å²) in [4.78, 5) is 6.09. The standard InChI is InChI=1S/C18H19FN6O2S/c1-14-12-15(2-3-16(14)19)28(26,27)25-10-8-23(9-11-25)17-4-5-18(22-21-17)24-7-6-20-13-24/h2-7,12-13H,8-11H2,1H3. The summed E-state index contributed by atoms with van der Waals surface area (Å²) in [5.41, 5.74) is 0.313. The Morgan fingerprint density at radius 1 is 1.00 bits per heavy atom. The smallest absolute Gasteiger partial charge is 0.243 e. The van der Waals surface area contributed by atoms with Crippen LogP contribution >= 0.6 is 0 Å². The molecular weight excluding hydrogens is 383 g/mol. The van der Waals surface area contributed by atoms with Gasteiger partial charge in [-0.1, -0.05) is 0 Å². The van der Waals surface area contributed by atoms with E-state index < -0.39 is 15.8 Å². The maximum atomic E-state index is 13.5. The molecule has 0 unspecified atom stereocenters. The number of anilines is 1. The van der Waals surface area contributed by atoms with Gasteiger partial charge in [0.1, 0.15) is 12.1 Å². The lowest BCUT2D eigenvalue weighted by Crippen LogP contribution is -2.49. The summed E-state index contributed by atoms with van der Waals surface area (Å²) in [5.74, 6) is 0.939. The molecule has 0 radical (unpaired) electrons. The van der Waals surface area contributed by atoms with Crippen LogP contribution in [0.25, 0.3) is 5.82 Å². The molecule has 0 saturated carbocycles. The molecule has 1 fully saturated rings. The Labute approximate surface area is 162 Å². The Morgan fingerprint density at radius 2 is 1.71 bits per heavy atom. The quantitative estimate of drug-likeness (QED) is 0.659. The molecule has 3 heterocycles. The molecule has 0 amide bonds. The average Bonchev–Trinajstić information content (AvgIpc) is 3.25. The molecule has 146 valence electrons. The van der Waals surface area contributed by atoms with Gasteiger partial charge >= 0.3 is 0 Å².